The van der Waals surface area contributed by atoms with Crippen LogP contribution in [0.5, 0.6) is 0 Å². The molecule has 0 aromatic carbocycles. The normalized spacial score (nSPS) is 36.2. The van der Waals surface area contributed by atoms with E-state index < -0.39 is 43.3 Å². The Kier molecular flexibility index (Phi) is 5.76. The maximum atomic E-state index is 11.3. The first-order valence-electron chi connectivity index (χ1n) is 5.63. The van der Waals surface area contributed by atoms with Crippen molar-refractivity contribution in [3.8, 4) is 0 Å². The molecule has 8 nitrogen and oxygen atoms in total. The van der Waals surface area contributed by atoms with Gasteiger partial charge in [-0.2, -0.15) is 0 Å². The Morgan fingerprint density at radius 1 is 1.39 bits per heavy atom. The molecule has 0 aliphatic carbocycles. The third-order valence-electron chi connectivity index (χ3n) is 2.67. The van der Waals surface area contributed by atoms with Gasteiger partial charge in [0.25, 0.3) is 0 Å². The van der Waals surface area contributed by atoms with Crippen LogP contribution in [-0.2, 0) is 14.2 Å². The number of carbonyl (C=O) groups excluding carboxylic acids is 1. The summed E-state index contributed by atoms with van der Waals surface area (Å²) in [6, 6.07) is -0.980. The molecule has 0 aromatic heterocycles. The number of aliphatic hydroxyl groups is 3. The van der Waals surface area contributed by atoms with Crippen LogP contribution >= 0.6 is 0 Å². The summed E-state index contributed by atoms with van der Waals surface area (Å²) >= 11 is 0. The van der Waals surface area contributed by atoms with E-state index in [0.717, 1.165) is 0 Å². The molecular weight excluding hydrogens is 246 g/mol. The summed E-state index contributed by atoms with van der Waals surface area (Å²) in [5.74, 6) is 0. The van der Waals surface area contributed by atoms with Crippen LogP contribution in [0.2, 0.25) is 0 Å². The fraction of sp³-hybridized carbons (Fsp3) is 0.900. The van der Waals surface area contributed by atoms with Gasteiger partial charge in [-0.3, -0.25) is 0 Å². The number of hydrogen-bond donors (Lipinski definition) is 4. The molecule has 0 saturated carbocycles. The lowest BCUT2D eigenvalue weighted by Crippen LogP contribution is -2.64. The van der Waals surface area contributed by atoms with Gasteiger partial charge in [0, 0.05) is 7.11 Å². The molecule has 0 spiro atoms. The van der Waals surface area contributed by atoms with Crippen LogP contribution in [0.1, 0.15) is 6.92 Å². The lowest BCUT2D eigenvalue weighted by Gasteiger charge is -2.41. The fourth-order valence-electron chi connectivity index (χ4n) is 1.75. The highest BCUT2D eigenvalue weighted by atomic mass is 16.7. The van der Waals surface area contributed by atoms with E-state index in [4.69, 9.17) is 14.6 Å². The first kappa shape index (κ1) is 15.1. The van der Waals surface area contributed by atoms with Crippen molar-refractivity contribution in [2.45, 2.75) is 37.6 Å². The van der Waals surface area contributed by atoms with E-state index in [-0.39, 0.29) is 6.61 Å². The summed E-state index contributed by atoms with van der Waals surface area (Å²) in [6.07, 6.45) is -5.35. The summed E-state index contributed by atoms with van der Waals surface area (Å²) in [5, 5.41) is 30.9. The minimum atomic E-state index is -1.33. The molecule has 1 heterocycles. The lowest BCUT2D eigenvalue weighted by atomic mass is 9.97. The molecule has 106 valence electrons. The molecular formula is C10H19NO7. The van der Waals surface area contributed by atoms with Crippen molar-refractivity contribution in [3.63, 3.8) is 0 Å². The highest BCUT2D eigenvalue weighted by Crippen LogP contribution is 2.21. The van der Waals surface area contributed by atoms with Crippen molar-refractivity contribution in [2.75, 3.05) is 20.3 Å². The number of alkyl carbamates (subject to hydrolysis) is 1. The van der Waals surface area contributed by atoms with E-state index in [9.17, 15) is 15.0 Å². The summed E-state index contributed by atoms with van der Waals surface area (Å²) in [6.45, 7) is 1.34. The van der Waals surface area contributed by atoms with Gasteiger partial charge >= 0.3 is 6.09 Å². The van der Waals surface area contributed by atoms with Crippen molar-refractivity contribution in [1.29, 1.82) is 0 Å². The van der Waals surface area contributed by atoms with Gasteiger partial charge in [0.05, 0.1) is 13.2 Å². The molecule has 1 aliphatic rings. The molecule has 1 fully saturated rings. The van der Waals surface area contributed by atoms with Gasteiger partial charge in [0.1, 0.15) is 24.4 Å². The van der Waals surface area contributed by atoms with E-state index >= 15 is 0 Å². The predicted molar refractivity (Wildman–Crippen MR) is 58.7 cm³/mol. The van der Waals surface area contributed by atoms with E-state index in [2.05, 4.69) is 10.1 Å². The number of methoxy groups -OCH3 is 1. The number of ether oxygens (including phenoxy) is 3. The number of rotatable bonds is 4. The highest BCUT2D eigenvalue weighted by molar-refractivity contribution is 5.67. The van der Waals surface area contributed by atoms with Crippen molar-refractivity contribution in [1.82, 2.24) is 5.32 Å². The standard InChI is InChI=1S/C10H19NO7/c1-3-17-10(15)11-6-8(14)7(13)5(4-12)18-9(6)16-2/h5-9,12-14H,3-4H2,1-2H3,(H,11,15)/t5-,6+,7-,8+,9-/m1/s1. The number of hydrogen-bond acceptors (Lipinski definition) is 7. The number of nitrogens with one attached hydrogen (secondary N) is 1. The Hall–Kier alpha value is -0.930. The average molecular weight is 265 g/mol. The maximum Gasteiger partial charge on any atom is 0.407 e. The van der Waals surface area contributed by atoms with Crippen LogP contribution in [0, 0.1) is 0 Å². The first-order chi connectivity index (χ1) is 8.54. The van der Waals surface area contributed by atoms with Crippen molar-refractivity contribution in [2.24, 2.45) is 0 Å². The van der Waals surface area contributed by atoms with Crippen LogP contribution in [0.25, 0.3) is 0 Å². The minimum absolute atomic E-state index is 0.176. The lowest BCUT2D eigenvalue weighted by molar-refractivity contribution is -0.262. The zero-order valence-corrected chi connectivity index (χ0v) is 10.3. The largest absolute Gasteiger partial charge is 0.450 e. The topological polar surface area (TPSA) is 117 Å². The van der Waals surface area contributed by atoms with Crippen molar-refractivity contribution in [3.05, 3.63) is 0 Å². The average Bonchev–Trinajstić information content (AvgIpc) is 2.36. The van der Waals surface area contributed by atoms with Gasteiger partial charge in [-0.1, -0.05) is 0 Å². The van der Waals surface area contributed by atoms with Crippen molar-refractivity contribution < 1.29 is 34.3 Å². The summed E-state index contributed by atoms with van der Waals surface area (Å²) in [5.41, 5.74) is 0. The van der Waals surface area contributed by atoms with E-state index in [0.29, 0.717) is 0 Å². The maximum absolute atomic E-state index is 11.3. The quantitative estimate of drug-likeness (QED) is 0.473. The minimum Gasteiger partial charge on any atom is -0.450 e. The second-order valence-corrected chi connectivity index (χ2v) is 3.83. The molecule has 1 amide bonds. The van der Waals surface area contributed by atoms with Crippen molar-refractivity contribution >= 4 is 6.09 Å². The highest BCUT2D eigenvalue weighted by Gasteiger charge is 2.45. The summed E-state index contributed by atoms with van der Waals surface area (Å²) < 4.78 is 14.8. The van der Waals surface area contributed by atoms with Crippen LogP contribution in [-0.4, -0.2) is 72.4 Å². The molecule has 1 rings (SSSR count). The Balaban J connectivity index is 2.71. The Labute approximate surface area is 104 Å². The third-order valence-corrected chi connectivity index (χ3v) is 2.67. The van der Waals surface area contributed by atoms with Crippen LogP contribution < -0.4 is 5.32 Å². The number of carbonyl (C=O) groups is 1. The monoisotopic (exact) mass is 265 g/mol. The van der Waals surface area contributed by atoms with Gasteiger partial charge in [0.2, 0.25) is 0 Å². The molecule has 18 heavy (non-hydrogen) atoms. The molecule has 0 radical (unpaired) electrons. The molecule has 1 saturated heterocycles. The zero-order chi connectivity index (χ0) is 13.7. The van der Waals surface area contributed by atoms with E-state index in [1.54, 1.807) is 6.92 Å². The second kappa shape index (κ2) is 6.86. The smallest absolute Gasteiger partial charge is 0.407 e. The molecule has 0 unspecified atom stereocenters. The number of amides is 1. The summed E-state index contributed by atoms with van der Waals surface area (Å²) in [7, 11) is 1.32. The molecule has 5 atom stereocenters. The Bertz CT molecular complexity index is 273. The SMILES string of the molecule is CCOC(=O)N[C@@H]1[C@H](OC)O[C@H](CO)[C@@H](O)[C@H]1O. The third kappa shape index (κ3) is 3.30. The van der Waals surface area contributed by atoms with Gasteiger partial charge in [0.15, 0.2) is 6.29 Å². The van der Waals surface area contributed by atoms with Crippen LogP contribution in [0.3, 0.4) is 0 Å². The van der Waals surface area contributed by atoms with Gasteiger partial charge < -0.3 is 34.8 Å². The van der Waals surface area contributed by atoms with E-state index in [1.807, 2.05) is 0 Å². The zero-order valence-electron chi connectivity index (χ0n) is 10.3. The molecule has 8 heteroatoms. The predicted octanol–water partition coefficient (Wildman–Crippen LogP) is -1.81. The van der Waals surface area contributed by atoms with Gasteiger partial charge in [-0.25, -0.2) is 4.79 Å². The molecule has 0 aromatic rings. The Morgan fingerprint density at radius 2 is 2.06 bits per heavy atom. The molecule has 0 bridgehead atoms. The molecule has 1 aliphatic heterocycles. The number of aliphatic hydroxyl groups excluding tert-OH is 3. The molecule has 4 N–H and O–H groups in total. The van der Waals surface area contributed by atoms with Crippen LogP contribution in [0.15, 0.2) is 0 Å². The van der Waals surface area contributed by atoms with Gasteiger partial charge in [-0.15, -0.1) is 0 Å². The fourth-order valence-corrected chi connectivity index (χ4v) is 1.75. The summed E-state index contributed by atoms with van der Waals surface area (Å²) in [4.78, 5) is 11.3. The second-order valence-electron chi connectivity index (χ2n) is 3.83. The van der Waals surface area contributed by atoms with Gasteiger partial charge in [-0.05, 0) is 6.92 Å². The Morgan fingerprint density at radius 3 is 2.56 bits per heavy atom. The first-order valence-corrected chi connectivity index (χ1v) is 5.63. The van der Waals surface area contributed by atoms with E-state index in [1.165, 1.54) is 7.11 Å². The van der Waals surface area contributed by atoms with Crippen LogP contribution in [0.4, 0.5) is 4.79 Å².